The Morgan fingerprint density at radius 1 is 1.21 bits per heavy atom. The quantitative estimate of drug-likeness (QED) is 0.429. The van der Waals surface area contributed by atoms with Crippen LogP contribution in [0.2, 0.25) is 10.0 Å². The van der Waals surface area contributed by atoms with E-state index in [1.165, 1.54) is 12.0 Å². The van der Waals surface area contributed by atoms with Crippen LogP contribution in [0.1, 0.15) is 36.0 Å². The molecule has 0 saturated carbocycles. The Hall–Kier alpha value is -2.74. The molecule has 146 valence electrons. The molecule has 29 heavy (non-hydrogen) atoms. The largest absolute Gasteiger partial charge is 0.483 e. The molecule has 0 amide bonds. The summed E-state index contributed by atoms with van der Waals surface area (Å²) in [5, 5.41) is 10.9. The highest BCUT2D eigenvalue weighted by Crippen LogP contribution is 2.48. The van der Waals surface area contributed by atoms with Gasteiger partial charge in [-0.15, -0.1) is 0 Å². The van der Waals surface area contributed by atoms with Crippen molar-refractivity contribution in [2.75, 3.05) is 6.61 Å². The standard InChI is InChI=1S/C23H18Cl2N2O2/c1-2-28-13-27-23-18(12-26)21(15-8-10-19(24)20(25)11-15)17-9-7-14-5-3-4-6-16(14)22(17)29-23/h3-6,8,10-11,13,21H,2,7,9H2,1H3/b27-13+. The van der Waals surface area contributed by atoms with Gasteiger partial charge in [-0.05, 0) is 48.6 Å². The maximum atomic E-state index is 9.97. The van der Waals surface area contributed by atoms with Gasteiger partial charge >= 0.3 is 0 Å². The van der Waals surface area contributed by atoms with E-state index in [4.69, 9.17) is 32.7 Å². The van der Waals surface area contributed by atoms with E-state index in [2.05, 4.69) is 17.1 Å². The van der Waals surface area contributed by atoms with Gasteiger partial charge in [-0.25, -0.2) is 0 Å². The molecule has 1 aliphatic carbocycles. The first-order valence-electron chi connectivity index (χ1n) is 9.36. The molecular formula is C23H18Cl2N2O2. The number of nitrogens with zero attached hydrogens (tertiary/aromatic N) is 2. The molecule has 2 aromatic carbocycles. The van der Waals surface area contributed by atoms with Crippen LogP contribution in [0, 0.1) is 11.3 Å². The van der Waals surface area contributed by atoms with Gasteiger partial charge in [0.15, 0.2) is 6.40 Å². The smallest absolute Gasteiger partial charge is 0.236 e. The Kier molecular flexibility index (Phi) is 5.62. The molecule has 1 aliphatic heterocycles. The van der Waals surface area contributed by atoms with Crippen molar-refractivity contribution in [3.63, 3.8) is 0 Å². The Balaban J connectivity index is 1.91. The first-order chi connectivity index (χ1) is 14.1. The minimum Gasteiger partial charge on any atom is -0.483 e. The molecule has 0 N–H and O–H groups in total. The fraction of sp³-hybridized carbons (Fsp3) is 0.217. The third-order valence-corrected chi connectivity index (χ3v) is 5.83. The fourth-order valence-corrected chi connectivity index (χ4v) is 4.10. The van der Waals surface area contributed by atoms with E-state index in [1.54, 1.807) is 6.07 Å². The molecule has 0 radical (unpaired) electrons. The molecule has 4 rings (SSSR count). The molecule has 6 heteroatoms. The number of fused-ring (bicyclic) bond motifs is 2. The van der Waals surface area contributed by atoms with Gasteiger partial charge in [-0.2, -0.15) is 10.3 Å². The summed E-state index contributed by atoms with van der Waals surface area (Å²) >= 11 is 12.4. The first-order valence-corrected chi connectivity index (χ1v) is 10.1. The lowest BCUT2D eigenvalue weighted by molar-refractivity contribution is 0.325. The maximum Gasteiger partial charge on any atom is 0.236 e. The molecule has 0 aromatic heterocycles. The average Bonchev–Trinajstić information content (AvgIpc) is 2.74. The van der Waals surface area contributed by atoms with E-state index in [0.717, 1.165) is 35.3 Å². The summed E-state index contributed by atoms with van der Waals surface area (Å²) in [7, 11) is 0. The third kappa shape index (κ3) is 3.64. The van der Waals surface area contributed by atoms with Crippen LogP contribution in [0.5, 0.6) is 0 Å². The van der Waals surface area contributed by atoms with Crippen molar-refractivity contribution in [1.82, 2.24) is 0 Å². The summed E-state index contributed by atoms with van der Waals surface area (Å²) in [4.78, 5) is 4.30. The average molecular weight is 425 g/mol. The number of ether oxygens (including phenoxy) is 2. The van der Waals surface area contributed by atoms with Crippen LogP contribution in [0.3, 0.4) is 0 Å². The Labute approximate surface area is 179 Å². The van der Waals surface area contributed by atoms with Gasteiger partial charge in [0.05, 0.1) is 16.7 Å². The SMILES string of the molecule is CCO/C=N/C1=C(C#N)C(c2ccc(Cl)c(Cl)c2)C2=C(O1)c1ccccc1CC2. The molecule has 0 bridgehead atoms. The fourth-order valence-electron chi connectivity index (χ4n) is 3.79. The van der Waals surface area contributed by atoms with Gasteiger partial charge < -0.3 is 9.47 Å². The predicted molar refractivity (Wildman–Crippen MR) is 115 cm³/mol. The highest BCUT2D eigenvalue weighted by molar-refractivity contribution is 6.42. The summed E-state index contributed by atoms with van der Waals surface area (Å²) < 4.78 is 11.4. The number of aryl methyl sites for hydroxylation is 1. The summed E-state index contributed by atoms with van der Waals surface area (Å²) in [5.74, 6) is 0.693. The number of hydrogen-bond acceptors (Lipinski definition) is 4. The normalized spacial score (nSPS) is 18.2. The lowest BCUT2D eigenvalue weighted by Crippen LogP contribution is -2.20. The second-order valence-electron chi connectivity index (χ2n) is 6.74. The number of hydrogen-bond donors (Lipinski definition) is 0. The number of halogens is 2. The van der Waals surface area contributed by atoms with Gasteiger partial charge in [-0.3, -0.25) is 0 Å². The minimum absolute atomic E-state index is 0.243. The van der Waals surface area contributed by atoms with Crippen LogP contribution in [0.25, 0.3) is 5.76 Å². The highest BCUT2D eigenvalue weighted by Gasteiger charge is 2.36. The molecule has 4 nitrogen and oxygen atoms in total. The van der Waals surface area contributed by atoms with Crippen molar-refractivity contribution in [3.8, 4) is 6.07 Å². The van der Waals surface area contributed by atoms with E-state index in [-0.39, 0.29) is 11.8 Å². The molecule has 2 aromatic rings. The van der Waals surface area contributed by atoms with Gasteiger partial charge in [0, 0.05) is 11.5 Å². The lowest BCUT2D eigenvalue weighted by atomic mass is 9.76. The van der Waals surface area contributed by atoms with Crippen molar-refractivity contribution < 1.29 is 9.47 Å². The van der Waals surface area contributed by atoms with Crippen molar-refractivity contribution in [3.05, 3.63) is 86.2 Å². The van der Waals surface area contributed by atoms with E-state index in [1.807, 2.05) is 37.3 Å². The Morgan fingerprint density at radius 2 is 2.03 bits per heavy atom. The molecular weight excluding hydrogens is 407 g/mol. The van der Waals surface area contributed by atoms with Crippen molar-refractivity contribution in [1.29, 1.82) is 5.26 Å². The molecule has 2 aliphatic rings. The predicted octanol–water partition coefficient (Wildman–Crippen LogP) is 6.26. The summed E-state index contributed by atoms with van der Waals surface area (Å²) in [5.41, 5.74) is 4.61. The zero-order valence-electron chi connectivity index (χ0n) is 15.8. The lowest BCUT2D eigenvalue weighted by Gasteiger charge is -2.33. The molecule has 0 spiro atoms. The molecule has 1 atom stereocenters. The Bertz CT molecular complexity index is 1100. The number of rotatable bonds is 4. The number of allylic oxidation sites excluding steroid dienone is 2. The third-order valence-electron chi connectivity index (χ3n) is 5.09. The van der Waals surface area contributed by atoms with Gasteiger partial charge in [0.1, 0.15) is 17.4 Å². The molecule has 1 unspecified atom stereocenters. The molecule has 0 saturated heterocycles. The Morgan fingerprint density at radius 3 is 2.79 bits per heavy atom. The zero-order chi connectivity index (χ0) is 20.4. The van der Waals surface area contributed by atoms with E-state index in [9.17, 15) is 5.26 Å². The van der Waals surface area contributed by atoms with Gasteiger partial charge in [0.2, 0.25) is 5.88 Å². The van der Waals surface area contributed by atoms with Crippen LogP contribution in [0.4, 0.5) is 0 Å². The van der Waals surface area contributed by atoms with Crippen LogP contribution >= 0.6 is 23.2 Å². The maximum absolute atomic E-state index is 9.97. The molecule has 0 fully saturated rings. The van der Waals surface area contributed by atoms with Crippen LogP contribution in [-0.2, 0) is 15.9 Å². The zero-order valence-corrected chi connectivity index (χ0v) is 17.3. The second-order valence-corrected chi connectivity index (χ2v) is 7.56. The first kappa shape index (κ1) is 19.6. The summed E-state index contributed by atoms with van der Waals surface area (Å²) in [6, 6.07) is 15.9. The van der Waals surface area contributed by atoms with Gasteiger partial charge in [-0.1, -0.05) is 53.5 Å². The number of nitriles is 1. The van der Waals surface area contributed by atoms with Crippen molar-refractivity contribution in [2.24, 2.45) is 4.99 Å². The van der Waals surface area contributed by atoms with Crippen molar-refractivity contribution >= 4 is 35.4 Å². The monoisotopic (exact) mass is 424 g/mol. The second kappa shape index (κ2) is 8.32. The van der Waals surface area contributed by atoms with Crippen LogP contribution in [0.15, 0.2) is 64.5 Å². The van der Waals surface area contributed by atoms with E-state index < -0.39 is 0 Å². The van der Waals surface area contributed by atoms with Crippen LogP contribution < -0.4 is 0 Å². The van der Waals surface area contributed by atoms with Crippen molar-refractivity contribution in [2.45, 2.75) is 25.7 Å². The minimum atomic E-state index is -0.305. The topological polar surface area (TPSA) is 54.6 Å². The number of benzene rings is 2. The van der Waals surface area contributed by atoms with E-state index >= 15 is 0 Å². The van der Waals surface area contributed by atoms with Gasteiger partial charge in [0.25, 0.3) is 0 Å². The van der Waals surface area contributed by atoms with Crippen LogP contribution in [-0.4, -0.2) is 13.0 Å². The summed E-state index contributed by atoms with van der Waals surface area (Å²) in [6.07, 6.45) is 2.98. The summed E-state index contributed by atoms with van der Waals surface area (Å²) in [6.45, 7) is 2.34. The number of aliphatic imine (C=N–C) groups is 1. The highest BCUT2D eigenvalue weighted by atomic mass is 35.5. The molecule has 1 heterocycles. The van der Waals surface area contributed by atoms with E-state index in [0.29, 0.717) is 22.2 Å².